The fourth-order valence-corrected chi connectivity index (χ4v) is 5.00. The van der Waals surface area contributed by atoms with Crippen molar-refractivity contribution in [1.82, 2.24) is 9.55 Å². The van der Waals surface area contributed by atoms with E-state index in [1.54, 1.807) is 0 Å². The predicted octanol–water partition coefficient (Wildman–Crippen LogP) is 3.00. The summed E-state index contributed by atoms with van der Waals surface area (Å²) >= 11 is 0. The van der Waals surface area contributed by atoms with E-state index < -0.39 is 14.9 Å². The van der Waals surface area contributed by atoms with Gasteiger partial charge in [0.05, 0.1) is 21.6 Å². The number of aromatic nitrogens is 2. The molecule has 3 aromatic rings. The second-order valence-electron chi connectivity index (χ2n) is 7.41. The molecule has 9 nitrogen and oxygen atoms in total. The van der Waals surface area contributed by atoms with Gasteiger partial charge in [-0.15, -0.1) is 0 Å². The monoisotopic (exact) mass is 429 g/mol. The number of sulfonamides is 1. The number of anilines is 1. The number of hydrogen-bond acceptors (Lipinski definition) is 6. The van der Waals surface area contributed by atoms with Crippen molar-refractivity contribution in [2.45, 2.75) is 37.1 Å². The first-order chi connectivity index (χ1) is 14.3. The van der Waals surface area contributed by atoms with Gasteiger partial charge in [-0.1, -0.05) is 19.1 Å². The highest BCUT2D eigenvalue weighted by Crippen LogP contribution is 2.34. The third-order valence-electron chi connectivity index (χ3n) is 5.62. The number of nitro benzene ring substituents is 1. The maximum atomic E-state index is 12.1. The molecule has 0 amide bonds. The van der Waals surface area contributed by atoms with Crippen molar-refractivity contribution in [2.24, 2.45) is 5.14 Å². The van der Waals surface area contributed by atoms with Gasteiger partial charge in [0.25, 0.3) is 5.69 Å². The zero-order valence-electron chi connectivity index (χ0n) is 16.6. The average molecular weight is 430 g/mol. The van der Waals surface area contributed by atoms with Crippen LogP contribution in [0.2, 0.25) is 0 Å². The molecule has 0 bridgehead atoms. The number of nitro groups is 1. The molecule has 0 saturated carbocycles. The molecule has 0 unspecified atom stereocenters. The molecule has 0 radical (unpaired) electrons. The van der Waals surface area contributed by atoms with Crippen LogP contribution >= 0.6 is 0 Å². The summed E-state index contributed by atoms with van der Waals surface area (Å²) in [5, 5.41) is 16.4. The number of nitrogens with two attached hydrogens (primary N) is 1. The predicted molar refractivity (Wildman–Crippen MR) is 114 cm³/mol. The molecule has 2 aromatic carbocycles. The van der Waals surface area contributed by atoms with Crippen LogP contribution in [0.1, 0.15) is 31.6 Å². The Morgan fingerprint density at radius 3 is 2.53 bits per heavy atom. The molecule has 0 spiro atoms. The van der Waals surface area contributed by atoms with Crippen molar-refractivity contribution < 1.29 is 13.3 Å². The number of fused-ring (bicyclic) bond motifs is 1. The molecule has 10 heteroatoms. The Kier molecular flexibility index (Phi) is 5.20. The molecule has 158 valence electrons. The van der Waals surface area contributed by atoms with Crippen molar-refractivity contribution >= 4 is 32.4 Å². The summed E-state index contributed by atoms with van der Waals surface area (Å²) in [4.78, 5) is 16.9. The van der Waals surface area contributed by atoms with E-state index in [1.165, 1.54) is 12.1 Å². The van der Waals surface area contributed by atoms with Gasteiger partial charge < -0.3 is 9.47 Å². The van der Waals surface area contributed by atoms with Gasteiger partial charge in [-0.25, -0.2) is 18.5 Å². The van der Waals surface area contributed by atoms with Gasteiger partial charge in [0.2, 0.25) is 10.0 Å². The number of hydrogen-bond donors (Lipinski definition) is 1. The lowest BCUT2D eigenvalue weighted by Gasteiger charge is -2.35. The van der Waals surface area contributed by atoms with E-state index in [9.17, 15) is 18.5 Å². The number of benzene rings is 2. The maximum absolute atomic E-state index is 12.1. The highest BCUT2D eigenvalue weighted by molar-refractivity contribution is 7.89. The second kappa shape index (κ2) is 7.69. The van der Waals surface area contributed by atoms with E-state index in [2.05, 4.69) is 17.6 Å². The van der Waals surface area contributed by atoms with Crippen molar-refractivity contribution in [3.63, 3.8) is 0 Å². The third kappa shape index (κ3) is 3.63. The van der Waals surface area contributed by atoms with Crippen LogP contribution in [0.4, 0.5) is 11.4 Å². The van der Waals surface area contributed by atoms with E-state index in [0.29, 0.717) is 18.8 Å². The molecule has 2 heterocycles. The average Bonchev–Trinajstić information content (AvgIpc) is 3.11. The zero-order valence-corrected chi connectivity index (χ0v) is 17.4. The Labute approximate surface area is 174 Å². The smallest absolute Gasteiger partial charge is 0.270 e. The van der Waals surface area contributed by atoms with Crippen molar-refractivity contribution in [2.75, 3.05) is 18.0 Å². The van der Waals surface area contributed by atoms with Crippen molar-refractivity contribution in [1.29, 1.82) is 0 Å². The summed E-state index contributed by atoms with van der Waals surface area (Å²) in [7, 11) is -4.10. The Morgan fingerprint density at radius 2 is 1.90 bits per heavy atom. The van der Waals surface area contributed by atoms with Crippen molar-refractivity contribution in [3.05, 3.63) is 58.4 Å². The number of nitrogens with zero attached hydrogens (tertiary/aromatic N) is 4. The molecule has 30 heavy (non-hydrogen) atoms. The minimum Gasteiger partial charge on any atom is -0.370 e. The highest BCUT2D eigenvalue weighted by atomic mass is 32.2. The standard InChI is InChI=1S/C20H23N5O4S/c1-2-20-22-16-5-3-4-6-17(16)24(20)14-9-11-23(12-10-14)18-8-7-15(25(26)27)13-19(18)30(21,28)29/h3-8,13-14H,2,9-12H2,1H3,(H2,21,28,29). The first-order valence-electron chi connectivity index (χ1n) is 9.81. The fraction of sp³-hybridized carbons (Fsp3) is 0.350. The number of aryl methyl sites for hydroxylation is 1. The van der Waals surface area contributed by atoms with Crippen LogP contribution in [0.3, 0.4) is 0 Å². The third-order valence-corrected chi connectivity index (χ3v) is 6.56. The van der Waals surface area contributed by atoms with E-state index in [-0.39, 0.29) is 16.6 Å². The van der Waals surface area contributed by atoms with Gasteiger partial charge in [-0.2, -0.15) is 0 Å². The van der Waals surface area contributed by atoms with Gasteiger partial charge in [0.15, 0.2) is 0 Å². The van der Waals surface area contributed by atoms with Crippen molar-refractivity contribution in [3.8, 4) is 0 Å². The number of rotatable bonds is 5. The normalized spacial score (nSPS) is 15.6. The van der Waals surface area contributed by atoms with Crippen LogP contribution in [-0.4, -0.2) is 36.0 Å². The Bertz CT molecular complexity index is 1210. The van der Waals surface area contributed by atoms with Crippen LogP contribution in [0.15, 0.2) is 47.4 Å². The van der Waals surface area contributed by atoms with Crippen LogP contribution in [-0.2, 0) is 16.4 Å². The van der Waals surface area contributed by atoms with Gasteiger partial charge in [-0.3, -0.25) is 10.1 Å². The molecule has 4 rings (SSSR count). The summed E-state index contributed by atoms with van der Waals surface area (Å²) in [6, 6.07) is 12.1. The number of para-hydroxylation sites is 2. The van der Waals surface area contributed by atoms with Crippen LogP contribution in [0.5, 0.6) is 0 Å². The topological polar surface area (TPSA) is 124 Å². The van der Waals surface area contributed by atoms with Crippen LogP contribution in [0.25, 0.3) is 11.0 Å². The summed E-state index contributed by atoms with van der Waals surface area (Å²) < 4.78 is 26.4. The molecule has 1 aliphatic rings. The number of primary sulfonamides is 1. The van der Waals surface area contributed by atoms with Crippen LogP contribution in [0, 0.1) is 10.1 Å². The Morgan fingerprint density at radius 1 is 1.20 bits per heavy atom. The summed E-state index contributed by atoms with van der Waals surface area (Å²) in [5.41, 5.74) is 2.19. The van der Waals surface area contributed by atoms with Crippen LogP contribution < -0.4 is 10.0 Å². The molecule has 0 atom stereocenters. The highest BCUT2D eigenvalue weighted by Gasteiger charge is 2.28. The zero-order chi connectivity index (χ0) is 21.5. The molecular weight excluding hydrogens is 406 g/mol. The molecule has 0 aliphatic carbocycles. The first-order valence-corrected chi connectivity index (χ1v) is 11.4. The SMILES string of the molecule is CCc1nc2ccccc2n1C1CCN(c2ccc([N+](=O)[O-])cc2S(N)(=O)=O)CC1. The molecule has 1 aliphatic heterocycles. The summed E-state index contributed by atoms with van der Waals surface area (Å²) in [6.45, 7) is 3.31. The minimum absolute atomic E-state index is 0.211. The number of piperidine rings is 1. The molecule has 1 aromatic heterocycles. The summed E-state index contributed by atoms with van der Waals surface area (Å²) in [6.07, 6.45) is 2.43. The quantitative estimate of drug-likeness (QED) is 0.491. The van der Waals surface area contributed by atoms with E-state index in [1.807, 2.05) is 23.1 Å². The Balaban J connectivity index is 1.63. The second-order valence-corrected chi connectivity index (χ2v) is 8.94. The number of imidazole rings is 1. The van der Waals surface area contributed by atoms with E-state index in [0.717, 1.165) is 42.2 Å². The lowest BCUT2D eigenvalue weighted by atomic mass is 10.0. The first kappa shape index (κ1) is 20.3. The van der Waals surface area contributed by atoms with Gasteiger partial charge >= 0.3 is 0 Å². The minimum atomic E-state index is -4.10. The van der Waals surface area contributed by atoms with E-state index in [4.69, 9.17) is 10.1 Å². The molecule has 2 N–H and O–H groups in total. The lowest BCUT2D eigenvalue weighted by Crippen LogP contribution is -2.36. The van der Waals surface area contributed by atoms with Gasteiger partial charge in [-0.05, 0) is 31.0 Å². The molecule has 1 saturated heterocycles. The fourth-order valence-electron chi connectivity index (χ4n) is 4.22. The Hall–Kier alpha value is -2.98. The number of non-ortho nitro benzene ring substituents is 1. The summed E-state index contributed by atoms with van der Waals surface area (Å²) in [5.74, 6) is 1.04. The molecule has 1 fully saturated rings. The lowest BCUT2D eigenvalue weighted by molar-refractivity contribution is -0.385. The van der Waals surface area contributed by atoms with E-state index >= 15 is 0 Å². The maximum Gasteiger partial charge on any atom is 0.270 e. The largest absolute Gasteiger partial charge is 0.370 e. The van der Waals surface area contributed by atoms with Gasteiger partial charge in [0.1, 0.15) is 10.7 Å². The molecular formula is C20H23N5O4S. The van der Waals surface area contributed by atoms with Gasteiger partial charge in [0, 0.05) is 37.7 Å².